The molecule has 0 heterocycles. The molecule has 24 heavy (non-hydrogen) atoms. The van der Waals surface area contributed by atoms with Gasteiger partial charge in [0.1, 0.15) is 0 Å². The lowest BCUT2D eigenvalue weighted by Crippen LogP contribution is -2.20. The minimum atomic E-state index is -0.521. The van der Waals surface area contributed by atoms with Crippen LogP contribution in [-0.2, 0) is 4.74 Å². The van der Waals surface area contributed by atoms with Gasteiger partial charge in [-0.1, -0.05) is 29.3 Å². The number of ether oxygens (including phenoxy) is 1. The first-order valence-corrected chi connectivity index (χ1v) is 7.80. The minimum absolute atomic E-state index is 0.279. The highest BCUT2D eigenvalue weighted by atomic mass is 35.5. The summed E-state index contributed by atoms with van der Waals surface area (Å²) in [5, 5.41) is 6.02. The van der Waals surface area contributed by atoms with Crippen molar-refractivity contribution in [3.63, 3.8) is 0 Å². The van der Waals surface area contributed by atoms with E-state index in [4.69, 9.17) is 23.2 Å². The number of esters is 1. The first-order valence-electron chi connectivity index (χ1n) is 7.04. The second-order valence-corrected chi connectivity index (χ2v) is 6.02. The van der Waals surface area contributed by atoms with Crippen LogP contribution in [0.25, 0.3) is 0 Å². The van der Waals surface area contributed by atoms with Crippen molar-refractivity contribution in [1.29, 1.82) is 0 Å². The molecule has 7 heteroatoms. The number of anilines is 2. The van der Waals surface area contributed by atoms with Gasteiger partial charge in [-0.2, -0.15) is 0 Å². The number of urea groups is 1. The molecule has 0 saturated heterocycles. The Hall–Kier alpha value is -2.24. The number of hydrogen-bond acceptors (Lipinski definition) is 3. The molecule has 0 fully saturated rings. The minimum Gasteiger partial charge on any atom is -0.465 e. The Balaban J connectivity index is 2.20. The highest BCUT2D eigenvalue weighted by Crippen LogP contribution is 2.28. The molecule has 2 N–H and O–H groups in total. The Morgan fingerprint density at radius 2 is 1.71 bits per heavy atom. The predicted octanol–water partition coefficient (Wildman–Crippen LogP) is 5.04. The Kier molecular flexibility index (Phi) is 5.70. The number of halogens is 2. The molecule has 2 aromatic rings. The summed E-state index contributed by atoms with van der Waals surface area (Å²) in [6.07, 6.45) is 0. The summed E-state index contributed by atoms with van der Waals surface area (Å²) >= 11 is 12.2. The van der Waals surface area contributed by atoms with E-state index in [-0.39, 0.29) is 11.3 Å². The van der Waals surface area contributed by atoms with E-state index in [9.17, 15) is 9.59 Å². The second-order valence-electron chi connectivity index (χ2n) is 5.20. The number of hydrogen-bond donors (Lipinski definition) is 2. The normalized spacial score (nSPS) is 10.2. The maximum atomic E-state index is 12.2. The molecule has 126 valence electrons. The Morgan fingerprint density at radius 1 is 1.00 bits per heavy atom. The quantitative estimate of drug-likeness (QED) is 0.747. The van der Waals surface area contributed by atoms with E-state index in [1.54, 1.807) is 6.07 Å². The summed E-state index contributed by atoms with van der Waals surface area (Å²) in [5.74, 6) is -0.521. The van der Waals surface area contributed by atoms with Crippen molar-refractivity contribution in [2.75, 3.05) is 17.7 Å². The maximum absolute atomic E-state index is 12.2. The van der Waals surface area contributed by atoms with E-state index < -0.39 is 12.0 Å². The van der Waals surface area contributed by atoms with Crippen LogP contribution in [-0.4, -0.2) is 19.1 Å². The number of benzene rings is 2. The molecule has 0 aliphatic rings. The fourth-order valence-electron chi connectivity index (χ4n) is 2.21. The van der Waals surface area contributed by atoms with E-state index in [2.05, 4.69) is 15.4 Å². The molecule has 2 rings (SSSR count). The number of rotatable bonds is 3. The van der Waals surface area contributed by atoms with Crippen LogP contribution in [0.3, 0.4) is 0 Å². The van der Waals surface area contributed by atoms with Crippen molar-refractivity contribution < 1.29 is 14.3 Å². The molecule has 0 aromatic heterocycles. The molecule has 0 aliphatic heterocycles. The first kappa shape index (κ1) is 18.1. The third-order valence-electron chi connectivity index (χ3n) is 3.31. The Labute approximate surface area is 149 Å². The van der Waals surface area contributed by atoms with Gasteiger partial charge in [0.15, 0.2) is 0 Å². The summed E-state index contributed by atoms with van der Waals surface area (Å²) in [7, 11) is 1.28. The van der Waals surface area contributed by atoms with Crippen molar-refractivity contribution in [2.24, 2.45) is 0 Å². The maximum Gasteiger partial charge on any atom is 0.337 e. The van der Waals surface area contributed by atoms with Gasteiger partial charge in [0, 0.05) is 0 Å². The van der Waals surface area contributed by atoms with Crippen molar-refractivity contribution in [3.05, 3.63) is 57.1 Å². The molecule has 0 spiro atoms. The SMILES string of the molecule is COC(=O)c1ccc(Cl)c(NC(=O)Nc2c(C)cc(C)cc2Cl)c1. The molecule has 0 bridgehead atoms. The lowest BCUT2D eigenvalue weighted by atomic mass is 10.1. The lowest BCUT2D eigenvalue weighted by Gasteiger charge is -2.13. The van der Waals surface area contributed by atoms with Gasteiger partial charge in [-0.3, -0.25) is 0 Å². The zero-order chi connectivity index (χ0) is 17.9. The topological polar surface area (TPSA) is 67.4 Å². The standard InChI is InChI=1S/C17H16Cl2N2O3/c1-9-6-10(2)15(13(19)7-9)21-17(23)20-14-8-11(16(22)24-3)4-5-12(14)18/h4-8H,1-3H3,(H2,20,21,23). The van der Waals surface area contributed by atoms with E-state index in [1.165, 1.54) is 25.3 Å². The van der Waals surface area contributed by atoms with Crippen molar-refractivity contribution >= 4 is 46.6 Å². The number of carbonyl (C=O) groups is 2. The average molecular weight is 367 g/mol. The molecule has 2 aromatic carbocycles. The van der Waals surface area contributed by atoms with Gasteiger partial charge < -0.3 is 15.4 Å². The molecule has 0 unspecified atom stereocenters. The number of carbonyl (C=O) groups excluding carboxylic acids is 2. The Bertz CT molecular complexity index is 783. The molecule has 0 radical (unpaired) electrons. The van der Waals surface area contributed by atoms with E-state index in [0.29, 0.717) is 15.7 Å². The predicted molar refractivity (Wildman–Crippen MR) is 96.4 cm³/mol. The van der Waals surface area contributed by atoms with Gasteiger partial charge in [-0.15, -0.1) is 0 Å². The third kappa shape index (κ3) is 4.19. The van der Waals surface area contributed by atoms with Gasteiger partial charge in [-0.25, -0.2) is 9.59 Å². The van der Waals surface area contributed by atoms with Crippen LogP contribution in [0.5, 0.6) is 0 Å². The molecular weight excluding hydrogens is 351 g/mol. The van der Waals surface area contributed by atoms with Gasteiger partial charge in [-0.05, 0) is 49.2 Å². The van der Waals surface area contributed by atoms with E-state index >= 15 is 0 Å². The van der Waals surface area contributed by atoms with Gasteiger partial charge in [0.2, 0.25) is 0 Å². The molecule has 0 aliphatic carbocycles. The van der Waals surface area contributed by atoms with Crippen molar-refractivity contribution in [3.8, 4) is 0 Å². The van der Waals surface area contributed by atoms with Crippen LogP contribution in [0.2, 0.25) is 10.0 Å². The summed E-state index contributed by atoms with van der Waals surface area (Å²) in [6.45, 7) is 3.76. The second kappa shape index (κ2) is 7.55. The van der Waals surface area contributed by atoms with Gasteiger partial charge in [0.25, 0.3) is 0 Å². The zero-order valence-corrected chi connectivity index (χ0v) is 14.9. The summed E-state index contributed by atoms with van der Waals surface area (Å²) in [5.41, 5.74) is 2.92. The Morgan fingerprint density at radius 3 is 2.33 bits per heavy atom. The number of amides is 2. The van der Waals surface area contributed by atoms with Crippen LogP contribution in [0.1, 0.15) is 21.5 Å². The van der Waals surface area contributed by atoms with E-state index in [0.717, 1.165) is 11.1 Å². The molecule has 2 amide bonds. The van der Waals surface area contributed by atoms with Crippen LogP contribution >= 0.6 is 23.2 Å². The summed E-state index contributed by atoms with van der Waals surface area (Å²) < 4.78 is 4.65. The molecule has 0 atom stereocenters. The molecule has 5 nitrogen and oxygen atoms in total. The van der Waals surface area contributed by atoms with Gasteiger partial charge >= 0.3 is 12.0 Å². The fraction of sp³-hybridized carbons (Fsp3) is 0.176. The third-order valence-corrected chi connectivity index (χ3v) is 3.93. The lowest BCUT2D eigenvalue weighted by molar-refractivity contribution is 0.0600. The fourth-order valence-corrected chi connectivity index (χ4v) is 2.74. The van der Waals surface area contributed by atoms with Crippen LogP contribution in [0.15, 0.2) is 30.3 Å². The first-order chi connectivity index (χ1) is 11.3. The van der Waals surface area contributed by atoms with Crippen LogP contribution in [0.4, 0.5) is 16.2 Å². The van der Waals surface area contributed by atoms with E-state index in [1.807, 2.05) is 19.9 Å². The number of aryl methyl sites for hydroxylation is 2. The highest BCUT2D eigenvalue weighted by molar-refractivity contribution is 6.35. The number of nitrogens with one attached hydrogen (secondary N) is 2. The van der Waals surface area contributed by atoms with Crippen molar-refractivity contribution in [1.82, 2.24) is 0 Å². The highest BCUT2D eigenvalue weighted by Gasteiger charge is 2.13. The average Bonchev–Trinajstić information content (AvgIpc) is 2.52. The van der Waals surface area contributed by atoms with Gasteiger partial charge in [0.05, 0.1) is 34.1 Å². The summed E-state index contributed by atoms with van der Waals surface area (Å²) in [4.78, 5) is 23.8. The van der Waals surface area contributed by atoms with Crippen LogP contribution in [0, 0.1) is 13.8 Å². The summed E-state index contributed by atoms with van der Waals surface area (Å²) in [6, 6.07) is 7.61. The number of methoxy groups -OCH3 is 1. The smallest absolute Gasteiger partial charge is 0.337 e. The monoisotopic (exact) mass is 366 g/mol. The van der Waals surface area contributed by atoms with Crippen LogP contribution < -0.4 is 10.6 Å². The van der Waals surface area contributed by atoms with Crippen molar-refractivity contribution in [2.45, 2.75) is 13.8 Å². The molecule has 0 saturated carbocycles. The largest absolute Gasteiger partial charge is 0.465 e. The molecular formula is C17H16Cl2N2O3. The zero-order valence-electron chi connectivity index (χ0n) is 13.4.